The van der Waals surface area contributed by atoms with Gasteiger partial charge in [0.1, 0.15) is 12.1 Å². The van der Waals surface area contributed by atoms with Crippen molar-refractivity contribution in [3.63, 3.8) is 0 Å². The molecule has 2 heterocycles. The molecule has 0 unspecified atom stereocenters. The smallest absolute Gasteiger partial charge is 0.231 e. The molecule has 0 saturated carbocycles. The molecule has 1 fully saturated rings. The van der Waals surface area contributed by atoms with E-state index in [1.54, 1.807) is 12.5 Å². The summed E-state index contributed by atoms with van der Waals surface area (Å²) < 4.78 is 30.6. The SMILES string of the molecule is Fc1cc(Cl)c(OCCCCN2CCN(C3=COC(C4=CC=CCC4)=CO3)CC2)c(Cl)c1. The van der Waals surface area contributed by atoms with E-state index < -0.39 is 5.82 Å². The number of piperazine rings is 1. The molecule has 5 nitrogen and oxygen atoms in total. The van der Waals surface area contributed by atoms with Gasteiger partial charge in [0.25, 0.3) is 0 Å². The van der Waals surface area contributed by atoms with E-state index in [4.69, 9.17) is 37.4 Å². The van der Waals surface area contributed by atoms with Gasteiger partial charge in [-0.1, -0.05) is 41.4 Å². The average molecular weight is 481 g/mol. The molecule has 32 heavy (non-hydrogen) atoms. The van der Waals surface area contributed by atoms with Crippen LogP contribution in [-0.2, 0) is 9.47 Å². The maximum absolute atomic E-state index is 13.2. The second kappa shape index (κ2) is 11.1. The van der Waals surface area contributed by atoms with Gasteiger partial charge >= 0.3 is 0 Å². The van der Waals surface area contributed by atoms with Gasteiger partial charge in [0.15, 0.2) is 17.8 Å². The van der Waals surface area contributed by atoms with Crippen molar-refractivity contribution in [2.75, 3.05) is 39.3 Å². The van der Waals surface area contributed by atoms with Crippen molar-refractivity contribution in [3.05, 3.63) is 76.0 Å². The van der Waals surface area contributed by atoms with Crippen LogP contribution in [0.1, 0.15) is 25.7 Å². The minimum absolute atomic E-state index is 0.198. The normalized spacial score (nSPS) is 19.0. The number of halogens is 3. The predicted octanol–water partition coefficient (Wildman–Crippen LogP) is 5.87. The highest BCUT2D eigenvalue weighted by Crippen LogP contribution is 2.34. The Balaban J connectivity index is 1.13. The third-order valence-corrected chi connectivity index (χ3v) is 6.23. The average Bonchev–Trinajstić information content (AvgIpc) is 2.81. The molecule has 1 aromatic carbocycles. The fourth-order valence-electron chi connectivity index (χ4n) is 3.86. The van der Waals surface area contributed by atoms with Crippen molar-refractivity contribution < 1.29 is 18.6 Å². The fraction of sp³-hybridized carbons (Fsp3) is 0.417. The van der Waals surface area contributed by atoms with E-state index in [2.05, 4.69) is 28.0 Å². The van der Waals surface area contributed by atoms with Gasteiger partial charge in [-0.2, -0.15) is 0 Å². The summed E-state index contributed by atoms with van der Waals surface area (Å²) in [6, 6.07) is 2.42. The molecule has 2 aliphatic heterocycles. The van der Waals surface area contributed by atoms with E-state index in [1.807, 2.05) is 0 Å². The molecule has 8 heteroatoms. The second-order valence-corrected chi connectivity index (χ2v) is 8.73. The van der Waals surface area contributed by atoms with Crippen molar-refractivity contribution in [1.82, 2.24) is 9.80 Å². The van der Waals surface area contributed by atoms with Gasteiger partial charge in [-0.25, -0.2) is 4.39 Å². The van der Waals surface area contributed by atoms with Crippen LogP contribution >= 0.6 is 23.2 Å². The Hall–Kier alpha value is -2.15. The van der Waals surface area contributed by atoms with E-state index >= 15 is 0 Å². The van der Waals surface area contributed by atoms with Crippen LogP contribution in [-0.4, -0.2) is 49.1 Å². The summed E-state index contributed by atoms with van der Waals surface area (Å²) in [6.45, 7) is 5.18. The lowest BCUT2D eigenvalue weighted by atomic mass is 10.0. The molecule has 0 atom stereocenters. The van der Waals surface area contributed by atoms with Crippen LogP contribution in [0.25, 0.3) is 0 Å². The number of nitrogens with zero attached hydrogens (tertiary/aromatic N) is 2. The highest BCUT2D eigenvalue weighted by Gasteiger charge is 2.22. The van der Waals surface area contributed by atoms with E-state index in [0.717, 1.165) is 70.0 Å². The first-order chi connectivity index (χ1) is 15.6. The monoisotopic (exact) mass is 480 g/mol. The zero-order valence-corrected chi connectivity index (χ0v) is 19.4. The lowest BCUT2D eigenvalue weighted by Gasteiger charge is -2.36. The first-order valence-electron chi connectivity index (χ1n) is 10.9. The third-order valence-electron chi connectivity index (χ3n) is 5.67. The van der Waals surface area contributed by atoms with Crippen LogP contribution < -0.4 is 4.74 Å². The van der Waals surface area contributed by atoms with Crippen LogP contribution in [0.2, 0.25) is 10.0 Å². The van der Waals surface area contributed by atoms with Crippen molar-refractivity contribution >= 4 is 23.2 Å². The largest absolute Gasteiger partial charge is 0.490 e. The lowest BCUT2D eigenvalue weighted by Crippen LogP contribution is -2.46. The Labute approximate surface area is 198 Å². The standard InChI is InChI=1S/C24H27Cl2FN2O3/c25-20-14-19(27)15-21(26)24(20)30-13-5-4-8-28-9-11-29(12-10-28)23-17-31-22(16-32-23)18-6-2-1-3-7-18/h1-2,6,14-17H,3-5,7-13H2. The number of ether oxygens (including phenoxy) is 3. The lowest BCUT2D eigenvalue weighted by molar-refractivity contribution is 0.0834. The van der Waals surface area contributed by atoms with Crippen LogP contribution in [0.4, 0.5) is 4.39 Å². The van der Waals surface area contributed by atoms with Crippen LogP contribution in [0.3, 0.4) is 0 Å². The Bertz CT molecular complexity index is 914. The number of hydrogen-bond donors (Lipinski definition) is 0. The molecule has 4 rings (SSSR count). The van der Waals surface area contributed by atoms with Gasteiger partial charge < -0.3 is 19.1 Å². The van der Waals surface area contributed by atoms with Gasteiger partial charge in [0.2, 0.25) is 5.88 Å². The Kier molecular flexibility index (Phi) is 8.00. The Morgan fingerprint density at radius 2 is 1.78 bits per heavy atom. The molecular formula is C24H27Cl2FN2O3. The number of hydrogen-bond acceptors (Lipinski definition) is 5. The summed E-state index contributed by atoms with van der Waals surface area (Å²) in [7, 11) is 0. The number of rotatable bonds is 8. The molecular weight excluding hydrogens is 454 g/mol. The number of unbranched alkanes of at least 4 members (excludes halogenated alkanes) is 1. The minimum Gasteiger partial charge on any atom is -0.490 e. The first-order valence-corrected chi connectivity index (χ1v) is 11.7. The number of allylic oxidation sites excluding steroid dienone is 4. The molecule has 172 valence electrons. The molecule has 3 aliphatic rings. The van der Waals surface area contributed by atoms with Gasteiger partial charge in [-0.15, -0.1) is 0 Å². The van der Waals surface area contributed by atoms with Crippen molar-refractivity contribution in [1.29, 1.82) is 0 Å². The van der Waals surface area contributed by atoms with Crippen LogP contribution in [0, 0.1) is 5.82 Å². The highest BCUT2D eigenvalue weighted by atomic mass is 35.5. The van der Waals surface area contributed by atoms with E-state index in [-0.39, 0.29) is 10.0 Å². The van der Waals surface area contributed by atoms with Crippen LogP contribution in [0.15, 0.2) is 60.1 Å². The van der Waals surface area contributed by atoms with E-state index in [1.165, 1.54) is 17.7 Å². The van der Waals surface area contributed by atoms with Gasteiger partial charge in [0, 0.05) is 26.2 Å². The first kappa shape index (κ1) is 23.0. The summed E-state index contributed by atoms with van der Waals surface area (Å²) in [5.41, 5.74) is 1.17. The molecule has 1 aromatic rings. The highest BCUT2D eigenvalue weighted by molar-refractivity contribution is 6.37. The maximum atomic E-state index is 13.2. The Morgan fingerprint density at radius 3 is 2.44 bits per heavy atom. The molecule has 0 radical (unpaired) electrons. The summed E-state index contributed by atoms with van der Waals surface area (Å²) in [5, 5.41) is 0.396. The third kappa shape index (κ3) is 6.00. The maximum Gasteiger partial charge on any atom is 0.231 e. The van der Waals surface area contributed by atoms with Gasteiger partial charge in [0.05, 0.1) is 16.7 Å². The minimum atomic E-state index is -0.469. The summed E-state index contributed by atoms with van der Waals surface area (Å²) in [6.07, 6.45) is 13.6. The Morgan fingerprint density at radius 1 is 1.00 bits per heavy atom. The summed E-state index contributed by atoms with van der Waals surface area (Å²) in [4.78, 5) is 4.64. The zero-order valence-electron chi connectivity index (χ0n) is 17.9. The molecule has 1 saturated heterocycles. The second-order valence-electron chi connectivity index (χ2n) is 7.92. The van der Waals surface area contributed by atoms with Gasteiger partial charge in [-0.3, -0.25) is 4.90 Å². The van der Waals surface area contributed by atoms with E-state index in [0.29, 0.717) is 12.4 Å². The zero-order chi connectivity index (χ0) is 22.3. The molecule has 1 aliphatic carbocycles. The summed E-state index contributed by atoms with van der Waals surface area (Å²) in [5.74, 6) is 1.44. The predicted molar refractivity (Wildman–Crippen MR) is 124 cm³/mol. The molecule has 0 amide bonds. The fourth-order valence-corrected chi connectivity index (χ4v) is 4.43. The van der Waals surface area contributed by atoms with Crippen molar-refractivity contribution in [3.8, 4) is 5.75 Å². The van der Waals surface area contributed by atoms with Crippen molar-refractivity contribution in [2.45, 2.75) is 25.7 Å². The number of benzene rings is 1. The molecule has 0 bridgehead atoms. The van der Waals surface area contributed by atoms with Crippen molar-refractivity contribution in [2.24, 2.45) is 0 Å². The van der Waals surface area contributed by atoms with Gasteiger partial charge in [-0.05, 0) is 49.9 Å². The summed E-state index contributed by atoms with van der Waals surface area (Å²) >= 11 is 12.0. The van der Waals surface area contributed by atoms with Crippen LogP contribution in [0.5, 0.6) is 5.75 Å². The quantitative estimate of drug-likeness (QED) is 0.434. The van der Waals surface area contributed by atoms with E-state index in [9.17, 15) is 4.39 Å². The topological polar surface area (TPSA) is 34.2 Å². The molecule has 0 N–H and O–H groups in total. The molecule has 0 aromatic heterocycles. The molecule has 0 spiro atoms.